The number of piperidine rings is 1. The van der Waals surface area contributed by atoms with Crippen LogP contribution in [0.1, 0.15) is 36.5 Å². The third-order valence-electron chi connectivity index (χ3n) is 5.98. The van der Waals surface area contributed by atoms with Crippen LogP contribution in [0.25, 0.3) is 0 Å². The van der Waals surface area contributed by atoms with E-state index in [1.165, 1.54) is 13.0 Å². The van der Waals surface area contributed by atoms with E-state index in [0.717, 1.165) is 32.4 Å². The van der Waals surface area contributed by atoms with Gasteiger partial charge in [-0.1, -0.05) is 23.7 Å². The molecule has 0 unspecified atom stereocenters. The van der Waals surface area contributed by atoms with Crippen LogP contribution in [-0.2, 0) is 14.8 Å². The van der Waals surface area contributed by atoms with Gasteiger partial charge in [0, 0.05) is 24.3 Å². The molecule has 194 valence electrons. The molecule has 1 aliphatic heterocycles. The third-order valence-corrected chi connectivity index (χ3v) is 7.70. The van der Waals surface area contributed by atoms with Crippen LogP contribution < -0.4 is 19.7 Å². The van der Waals surface area contributed by atoms with Gasteiger partial charge in [0.15, 0.2) is 12.4 Å². The first kappa shape index (κ1) is 26.5. The first-order chi connectivity index (χ1) is 17.7. The molecule has 0 aromatic heterocycles. The molecule has 0 atom stereocenters. The van der Waals surface area contributed by atoms with Crippen molar-refractivity contribution in [3.05, 3.63) is 77.3 Å². The molecule has 2 N–H and O–H groups in total. The summed E-state index contributed by atoms with van der Waals surface area (Å²) in [6.45, 7) is 2.68. The summed E-state index contributed by atoms with van der Waals surface area (Å²) in [6, 6.07) is 17.9. The Balaban J connectivity index is 1.54. The predicted molar refractivity (Wildman–Crippen MR) is 145 cm³/mol. The summed E-state index contributed by atoms with van der Waals surface area (Å²) in [5.41, 5.74) is 1.71. The molecule has 1 aliphatic rings. The van der Waals surface area contributed by atoms with Gasteiger partial charge < -0.3 is 15.0 Å². The Bertz CT molecular complexity index is 1390. The zero-order valence-corrected chi connectivity index (χ0v) is 21.9. The van der Waals surface area contributed by atoms with Gasteiger partial charge in [0.2, 0.25) is 0 Å². The first-order valence-corrected chi connectivity index (χ1v) is 13.8. The lowest BCUT2D eigenvalue weighted by atomic mass is 10.1. The Morgan fingerprint density at radius 2 is 1.68 bits per heavy atom. The van der Waals surface area contributed by atoms with Crippen molar-refractivity contribution in [1.29, 1.82) is 0 Å². The van der Waals surface area contributed by atoms with E-state index >= 15 is 0 Å². The van der Waals surface area contributed by atoms with Crippen molar-refractivity contribution < 1.29 is 22.7 Å². The van der Waals surface area contributed by atoms with Crippen LogP contribution in [0, 0.1) is 0 Å². The van der Waals surface area contributed by atoms with Crippen molar-refractivity contribution in [2.75, 3.05) is 34.6 Å². The van der Waals surface area contributed by atoms with E-state index in [1.54, 1.807) is 60.7 Å². The van der Waals surface area contributed by atoms with E-state index in [9.17, 15) is 18.0 Å². The second-order valence-electron chi connectivity index (χ2n) is 8.73. The maximum absolute atomic E-state index is 13.5. The van der Waals surface area contributed by atoms with Crippen LogP contribution in [0.5, 0.6) is 5.75 Å². The monoisotopic (exact) mass is 541 g/mol. The van der Waals surface area contributed by atoms with Crippen LogP contribution in [0.3, 0.4) is 0 Å². The SMILES string of the molecule is CC(=O)c1ccc(OCC(=O)Nc2ccc(N3CCCCC3)c(S(=O)(=O)Nc3ccccc3Cl)c2)cc1. The molecule has 1 saturated heterocycles. The standard InChI is InChI=1S/C27H28ClN3O5S/c1-19(32)20-9-12-22(13-10-20)36-18-27(33)29-21-11-14-25(31-15-5-2-6-16-31)26(17-21)37(34,35)30-24-8-4-3-7-23(24)28/h3-4,7-14,17,30H,2,5-6,15-16,18H2,1H3,(H,29,33). The minimum atomic E-state index is -4.03. The summed E-state index contributed by atoms with van der Waals surface area (Å²) in [6.07, 6.45) is 3.05. The van der Waals surface area contributed by atoms with Crippen molar-refractivity contribution in [3.8, 4) is 5.75 Å². The molecular weight excluding hydrogens is 514 g/mol. The highest BCUT2D eigenvalue weighted by Crippen LogP contribution is 2.33. The number of sulfonamides is 1. The van der Waals surface area contributed by atoms with Gasteiger partial charge in [0.25, 0.3) is 15.9 Å². The van der Waals surface area contributed by atoms with E-state index in [-0.39, 0.29) is 28.0 Å². The second-order valence-corrected chi connectivity index (χ2v) is 10.8. The number of ether oxygens (including phenoxy) is 1. The molecule has 3 aromatic rings. The maximum atomic E-state index is 13.5. The summed E-state index contributed by atoms with van der Waals surface area (Å²) < 4.78 is 35.0. The Morgan fingerprint density at radius 3 is 2.35 bits per heavy atom. The van der Waals surface area contributed by atoms with Gasteiger partial charge in [-0.15, -0.1) is 0 Å². The van der Waals surface area contributed by atoms with E-state index in [0.29, 0.717) is 22.7 Å². The molecule has 0 bridgehead atoms. The Hall–Kier alpha value is -3.56. The maximum Gasteiger partial charge on any atom is 0.264 e. The van der Waals surface area contributed by atoms with Crippen molar-refractivity contribution in [3.63, 3.8) is 0 Å². The lowest BCUT2D eigenvalue weighted by Crippen LogP contribution is -2.31. The molecule has 10 heteroatoms. The van der Waals surface area contributed by atoms with Crippen LogP contribution in [0.4, 0.5) is 17.1 Å². The molecule has 0 spiro atoms. The van der Waals surface area contributed by atoms with Crippen molar-refractivity contribution in [1.82, 2.24) is 0 Å². The van der Waals surface area contributed by atoms with Gasteiger partial charge in [0.1, 0.15) is 10.6 Å². The lowest BCUT2D eigenvalue weighted by Gasteiger charge is -2.30. The summed E-state index contributed by atoms with van der Waals surface area (Å²) >= 11 is 6.19. The zero-order chi connectivity index (χ0) is 26.4. The normalized spacial score (nSPS) is 13.6. The summed E-state index contributed by atoms with van der Waals surface area (Å²) in [5, 5.41) is 2.99. The Labute approximate surface area is 221 Å². The summed E-state index contributed by atoms with van der Waals surface area (Å²) in [7, 11) is -4.03. The molecule has 0 aliphatic carbocycles. The highest BCUT2D eigenvalue weighted by Gasteiger charge is 2.25. The van der Waals surface area contributed by atoms with Crippen molar-refractivity contribution >= 4 is 50.4 Å². The van der Waals surface area contributed by atoms with Gasteiger partial charge in [-0.3, -0.25) is 14.3 Å². The number of hydrogen-bond acceptors (Lipinski definition) is 6. The fourth-order valence-electron chi connectivity index (χ4n) is 4.08. The Morgan fingerprint density at radius 1 is 0.973 bits per heavy atom. The number of benzene rings is 3. The number of nitrogens with zero attached hydrogens (tertiary/aromatic N) is 1. The summed E-state index contributed by atoms with van der Waals surface area (Å²) in [5.74, 6) is -0.0799. The number of hydrogen-bond donors (Lipinski definition) is 2. The van der Waals surface area contributed by atoms with E-state index in [4.69, 9.17) is 16.3 Å². The smallest absolute Gasteiger partial charge is 0.264 e. The molecular formula is C27H28ClN3O5S. The molecule has 37 heavy (non-hydrogen) atoms. The molecule has 8 nitrogen and oxygen atoms in total. The van der Waals surface area contributed by atoms with Crippen LogP contribution in [-0.4, -0.2) is 39.8 Å². The number of halogens is 1. The van der Waals surface area contributed by atoms with Crippen molar-refractivity contribution in [2.24, 2.45) is 0 Å². The predicted octanol–water partition coefficient (Wildman–Crippen LogP) is 5.35. The highest BCUT2D eigenvalue weighted by atomic mass is 35.5. The number of carbonyl (C=O) groups excluding carboxylic acids is 2. The second kappa shape index (κ2) is 11.7. The molecule has 4 rings (SSSR count). The van der Waals surface area contributed by atoms with Crippen LogP contribution in [0.15, 0.2) is 71.6 Å². The van der Waals surface area contributed by atoms with Crippen molar-refractivity contribution in [2.45, 2.75) is 31.1 Å². The van der Waals surface area contributed by atoms with E-state index in [1.807, 2.05) is 4.90 Å². The van der Waals surface area contributed by atoms with Gasteiger partial charge in [-0.05, 0) is 80.8 Å². The average molecular weight is 542 g/mol. The van der Waals surface area contributed by atoms with Gasteiger partial charge >= 0.3 is 0 Å². The number of anilines is 3. The lowest BCUT2D eigenvalue weighted by molar-refractivity contribution is -0.118. The minimum Gasteiger partial charge on any atom is -0.484 e. The number of Topliss-reactive ketones (excluding diaryl/α,β-unsaturated/α-hetero) is 1. The topological polar surface area (TPSA) is 105 Å². The molecule has 0 saturated carbocycles. The van der Waals surface area contributed by atoms with Gasteiger partial charge in [0.05, 0.1) is 16.4 Å². The number of carbonyl (C=O) groups is 2. The number of amides is 1. The number of nitrogens with one attached hydrogen (secondary N) is 2. The fourth-order valence-corrected chi connectivity index (χ4v) is 5.65. The van der Waals surface area contributed by atoms with Gasteiger partial charge in [-0.25, -0.2) is 8.42 Å². The van der Waals surface area contributed by atoms with Crippen LogP contribution in [0.2, 0.25) is 5.02 Å². The molecule has 0 radical (unpaired) electrons. The number of ketones is 1. The molecule has 1 fully saturated rings. The first-order valence-electron chi connectivity index (χ1n) is 11.9. The number of rotatable bonds is 9. The average Bonchev–Trinajstić information content (AvgIpc) is 2.89. The molecule has 3 aromatic carbocycles. The Kier molecular flexibility index (Phi) is 8.35. The number of para-hydroxylation sites is 1. The van der Waals surface area contributed by atoms with Crippen LogP contribution >= 0.6 is 11.6 Å². The van der Waals surface area contributed by atoms with E-state index in [2.05, 4.69) is 10.0 Å². The van der Waals surface area contributed by atoms with Gasteiger partial charge in [-0.2, -0.15) is 0 Å². The largest absolute Gasteiger partial charge is 0.484 e. The third kappa shape index (κ3) is 6.81. The van der Waals surface area contributed by atoms with E-state index < -0.39 is 15.9 Å². The summed E-state index contributed by atoms with van der Waals surface area (Å²) in [4.78, 5) is 26.1. The minimum absolute atomic E-state index is 0.0489. The molecule has 1 amide bonds. The fraction of sp³-hybridized carbons (Fsp3) is 0.259. The molecule has 1 heterocycles. The highest BCUT2D eigenvalue weighted by molar-refractivity contribution is 7.93. The quantitative estimate of drug-likeness (QED) is 0.354. The zero-order valence-electron chi connectivity index (χ0n) is 20.4.